The molecular weight excluding hydrogens is 373 g/mol. The van der Waals surface area contributed by atoms with Crippen LogP contribution >= 0.6 is 0 Å². The van der Waals surface area contributed by atoms with Gasteiger partial charge in [0.15, 0.2) is 12.4 Å². The number of nitrogens with one attached hydrogen (secondary N) is 1. The molecule has 152 valence electrons. The summed E-state index contributed by atoms with van der Waals surface area (Å²) in [6.45, 7) is 6.12. The van der Waals surface area contributed by atoms with E-state index in [-0.39, 0.29) is 16.9 Å². The van der Waals surface area contributed by atoms with Gasteiger partial charge in [0.25, 0.3) is 5.91 Å². The topological polar surface area (TPSA) is 60.3 Å². The molecule has 1 N–H and O–H groups in total. The highest BCUT2D eigenvalue weighted by molar-refractivity contribution is 5.91. The van der Waals surface area contributed by atoms with E-state index < -0.39 is 24.3 Å². The van der Waals surface area contributed by atoms with Gasteiger partial charge in [-0.2, -0.15) is 13.2 Å². The molecule has 2 rings (SSSR count). The molecule has 0 aliphatic heterocycles. The summed E-state index contributed by atoms with van der Waals surface area (Å²) in [5.41, 5.74) is -0.620. The zero-order valence-electron chi connectivity index (χ0n) is 16.0. The summed E-state index contributed by atoms with van der Waals surface area (Å²) < 4.78 is 45.5. The van der Waals surface area contributed by atoms with E-state index in [2.05, 4.69) is 19.2 Å². The Kier molecular flexibility index (Phi) is 6.88. The van der Waals surface area contributed by atoms with Crippen molar-refractivity contribution in [3.8, 4) is 5.75 Å². The number of hydrogen-bond donors (Lipinski definition) is 1. The summed E-state index contributed by atoms with van der Waals surface area (Å²) in [5, 5.41) is 2.35. The maximum Gasteiger partial charge on any atom is 0.416 e. The second-order valence-corrected chi connectivity index (χ2v) is 6.89. The highest BCUT2D eigenvalue weighted by atomic mass is 19.4. The van der Waals surface area contributed by atoms with Gasteiger partial charge in [-0.1, -0.05) is 19.9 Å². The number of aromatic nitrogens is 1. The van der Waals surface area contributed by atoms with Crippen molar-refractivity contribution in [3.05, 3.63) is 58.0 Å². The Hall–Kier alpha value is -2.77. The minimum absolute atomic E-state index is 0.00236. The van der Waals surface area contributed by atoms with Gasteiger partial charge in [-0.3, -0.25) is 9.59 Å². The Morgan fingerprint density at radius 2 is 1.96 bits per heavy atom. The Bertz CT molecular complexity index is 889. The van der Waals surface area contributed by atoms with Crippen LogP contribution in [-0.4, -0.2) is 17.1 Å². The number of halogens is 3. The molecule has 28 heavy (non-hydrogen) atoms. The molecule has 0 aliphatic rings. The van der Waals surface area contributed by atoms with Crippen molar-refractivity contribution in [2.75, 3.05) is 11.9 Å². The molecule has 1 heterocycles. The van der Waals surface area contributed by atoms with Crippen molar-refractivity contribution in [2.45, 2.75) is 39.9 Å². The van der Waals surface area contributed by atoms with Gasteiger partial charge in [-0.25, -0.2) is 0 Å². The molecule has 0 atom stereocenters. The van der Waals surface area contributed by atoms with Crippen LogP contribution < -0.4 is 15.5 Å². The molecule has 0 aliphatic carbocycles. The van der Waals surface area contributed by atoms with Gasteiger partial charge >= 0.3 is 6.18 Å². The number of benzene rings is 1. The third-order valence-electron chi connectivity index (χ3n) is 4.16. The molecule has 5 nitrogen and oxygen atoms in total. The zero-order valence-corrected chi connectivity index (χ0v) is 16.0. The van der Waals surface area contributed by atoms with E-state index >= 15 is 0 Å². The smallest absolute Gasteiger partial charge is 0.416 e. The fourth-order valence-corrected chi connectivity index (χ4v) is 2.58. The first-order valence-corrected chi connectivity index (χ1v) is 8.88. The fraction of sp³-hybridized carbons (Fsp3) is 0.400. The largest absolute Gasteiger partial charge is 0.478 e. The molecule has 0 radical (unpaired) electrons. The molecule has 1 aromatic heterocycles. The Morgan fingerprint density at radius 1 is 1.25 bits per heavy atom. The number of nitrogens with zero attached hydrogens (tertiary/aromatic N) is 1. The second-order valence-electron chi connectivity index (χ2n) is 6.89. The quantitative estimate of drug-likeness (QED) is 0.762. The predicted molar refractivity (Wildman–Crippen MR) is 100 cm³/mol. The van der Waals surface area contributed by atoms with E-state index in [9.17, 15) is 22.8 Å². The Balaban J connectivity index is 2.05. The van der Waals surface area contributed by atoms with E-state index in [1.54, 1.807) is 13.1 Å². The highest BCUT2D eigenvalue weighted by Crippen LogP contribution is 2.30. The van der Waals surface area contributed by atoms with Gasteiger partial charge in [0.2, 0.25) is 5.43 Å². The minimum atomic E-state index is -4.50. The molecule has 1 aromatic carbocycles. The Labute approximate surface area is 161 Å². The number of hydrogen-bond acceptors (Lipinski definition) is 3. The van der Waals surface area contributed by atoms with Crippen molar-refractivity contribution in [3.63, 3.8) is 0 Å². The third-order valence-corrected chi connectivity index (χ3v) is 4.16. The van der Waals surface area contributed by atoms with Crippen LogP contribution in [0.4, 0.5) is 18.9 Å². The van der Waals surface area contributed by atoms with Gasteiger partial charge in [0, 0.05) is 24.5 Å². The van der Waals surface area contributed by atoms with Gasteiger partial charge in [0.05, 0.1) is 11.3 Å². The zero-order chi connectivity index (χ0) is 20.9. The lowest BCUT2D eigenvalue weighted by atomic mass is 10.1. The number of aryl methyl sites for hydroxylation is 1. The maximum absolute atomic E-state index is 12.7. The molecule has 0 saturated heterocycles. The first-order chi connectivity index (χ1) is 13.1. The van der Waals surface area contributed by atoms with Crippen molar-refractivity contribution in [1.82, 2.24) is 4.57 Å². The number of carbonyl (C=O) groups excluding carboxylic acids is 1. The molecule has 0 unspecified atom stereocenters. The van der Waals surface area contributed by atoms with Crippen molar-refractivity contribution in [2.24, 2.45) is 5.92 Å². The highest BCUT2D eigenvalue weighted by Gasteiger charge is 2.30. The van der Waals surface area contributed by atoms with E-state index in [0.29, 0.717) is 18.2 Å². The first-order valence-electron chi connectivity index (χ1n) is 8.88. The summed E-state index contributed by atoms with van der Waals surface area (Å²) in [6, 6.07) is 5.67. The van der Waals surface area contributed by atoms with Crippen LogP contribution in [0.15, 0.2) is 41.3 Å². The number of ether oxygens (including phenoxy) is 1. The number of rotatable bonds is 7. The average Bonchev–Trinajstić information content (AvgIpc) is 2.60. The second kappa shape index (κ2) is 8.95. The van der Waals surface area contributed by atoms with Gasteiger partial charge in [0.1, 0.15) is 0 Å². The monoisotopic (exact) mass is 396 g/mol. The molecule has 0 bridgehead atoms. The molecule has 0 spiro atoms. The molecule has 8 heteroatoms. The van der Waals surface area contributed by atoms with E-state index in [1.165, 1.54) is 18.2 Å². The average molecular weight is 396 g/mol. The summed E-state index contributed by atoms with van der Waals surface area (Å²) in [6.07, 6.45) is -1.91. The predicted octanol–water partition coefficient (Wildman–Crippen LogP) is 4.24. The number of carbonyl (C=O) groups is 1. The maximum atomic E-state index is 12.7. The van der Waals surface area contributed by atoms with Crippen LogP contribution in [0.3, 0.4) is 0 Å². The SMILES string of the molecule is Cc1c(OCC(=O)Nc2cccc(C(F)(F)F)c2)c(=O)ccn1CCC(C)C. The lowest BCUT2D eigenvalue weighted by molar-refractivity contribution is -0.137. The molecule has 0 fully saturated rings. The van der Waals surface area contributed by atoms with Gasteiger partial charge in [-0.15, -0.1) is 0 Å². The number of pyridine rings is 1. The van der Waals surface area contributed by atoms with Crippen LogP contribution in [0.2, 0.25) is 0 Å². The molecular formula is C20H23F3N2O3. The van der Waals surface area contributed by atoms with E-state index in [0.717, 1.165) is 18.6 Å². The molecule has 1 amide bonds. The normalized spacial score (nSPS) is 11.5. The van der Waals surface area contributed by atoms with Crippen LogP contribution in [0, 0.1) is 12.8 Å². The third kappa shape index (κ3) is 5.87. The van der Waals surface area contributed by atoms with E-state index in [4.69, 9.17) is 4.74 Å². The van der Waals surface area contributed by atoms with Crippen LogP contribution in [0.1, 0.15) is 31.5 Å². The van der Waals surface area contributed by atoms with E-state index in [1.807, 2.05) is 4.57 Å². The van der Waals surface area contributed by atoms with Gasteiger partial charge in [-0.05, 0) is 37.5 Å². The van der Waals surface area contributed by atoms with Crippen molar-refractivity contribution >= 4 is 11.6 Å². The molecule has 0 saturated carbocycles. The number of alkyl halides is 3. The minimum Gasteiger partial charge on any atom is -0.478 e. The number of anilines is 1. The summed E-state index contributed by atoms with van der Waals surface area (Å²) >= 11 is 0. The fourth-order valence-electron chi connectivity index (χ4n) is 2.58. The van der Waals surface area contributed by atoms with Crippen LogP contribution in [-0.2, 0) is 17.5 Å². The lowest BCUT2D eigenvalue weighted by Crippen LogP contribution is -2.24. The van der Waals surface area contributed by atoms with Crippen LogP contribution in [0.25, 0.3) is 0 Å². The summed E-state index contributed by atoms with van der Waals surface area (Å²) in [4.78, 5) is 24.1. The standard InChI is InChI=1S/C20H23F3N2O3/c1-13(2)7-9-25-10-8-17(26)19(14(25)3)28-12-18(27)24-16-6-4-5-15(11-16)20(21,22)23/h4-6,8,10-11,13H,7,9,12H2,1-3H3,(H,24,27). The van der Waals surface area contributed by atoms with Crippen molar-refractivity contribution in [1.29, 1.82) is 0 Å². The first kappa shape index (κ1) is 21.5. The van der Waals surface area contributed by atoms with Crippen molar-refractivity contribution < 1.29 is 22.7 Å². The Morgan fingerprint density at radius 3 is 2.61 bits per heavy atom. The van der Waals surface area contributed by atoms with Crippen LogP contribution in [0.5, 0.6) is 5.75 Å². The van der Waals surface area contributed by atoms with Gasteiger partial charge < -0.3 is 14.6 Å². The summed E-state index contributed by atoms with van der Waals surface area (Å²) in [7, 11) is 0. The lowest BCUT2D eigenvalue weighted by Gasteiger charge is -2.16. The molecule has 2 aromatic rings. The summed E-state index contributed by atoms with van der Waals surface area (Å²) in [5.74, 6) is -0.109. The number of amides is 1.